The lowest BCUT2D eigenvalue weighted by molar-refractivity contribution is -0.137. The summed E-state index contributed by atoms with van der Waals surface area (Å²) in [6.45, 7) is 12.0. The third-order valence-electron chi connectivity index (χ3n) is 9.09. The van der Waals surface area contributed by atoms with Gasteiger partial charge in [-0.15, -0.1) is 0 Å². The van der Waals surface area contributed by atoms with E-state index in [-0.39, 0.29) is 35.4 Å². The van der Waals surface area contributed by atoms with Crippen LogP contribution in [-0.4, -0.2) is 83.4 Å². The number of alkyl halides is 4. The largest absolute Gasteiger partial charge is 0.458 e. The van der Waals surface area contributed by atoms with Crippen molar-refractivity contribution in [3.63, 3.8) is 0 Å². The number of hydrogen-bond donors (Lipinski definition) is 3. The number of ether oxygens (including phenoxy) is 1. The molecule has 0 radical (unpaired) electrons. The third-order valence-corrected chi connectivity index (χ3v) is 9.09. The van der Waals surface area contributed by atoms with Crippen molar-refractivity contribution >= 4 is 34.7 Å². The predicted octanol–water partition coefficient (Wildman–Crippen LogP) is 5.92. The topological polar surface area (TPSA) is 97.9 Å². The maximum Gasteiger partial charge on any atom is 0.421 e. The number of carbonyl (C=O) groups is 1. The van der Waals surface area contributed by atoms with Crippen LogP contribution in [0.15, 0.2) is 42.6 Å². The fourth-order valence-corrected chi connectivity index (χ4v) is 6.57. The van der Waals surface area contributed by atoms with Crippen molar-refractivity contribution in [2.24, 2.45) is 0 Å². The number of anilines is 5. The lowest BCUT2D eigenvalue weighted by Gasteiger charge is -2.44. The Morgan fingerprint density at radius 1 is 0.979 bits per heavy atom. The van der Waals surface area contributed by atoms with E-state index in [4.69, 9.17) is 4.74 Å². The maximum absolute atomic E-state index is 14.2. The maximum atomic E-state index is 14.2. The minimum Gasteiger partial charge on any atom is -0.458 e. The first-order chi connectivity index (χ1) is 22.5. The zero-order valence-corrected chi connectivity index (χ0v) is 26.7. The second-order valence-corrected chi connectivity index (χ2v) is 12.5. The summed E-state index contributed by atoms with van der Waals surface area (Å²) in [6.07, 6.45) is -3.72. The van der Waals surface area contributed by atoms with Gasteiger partial charge in [-0.05, 0) is 50.5 Å². The Labute approximate surface area is 271 Å². The molecule has 6 rings (SSSR count). The van der Waals surface area contributed by atoms with Crippen LogP contribution in [0, 0.1) is 0 Å². The van der Waals surface area contributed by atoms with Crippen LogP contribution in [0.1, 0.15) is 55.1 Å². The molecule has 0 saturated carbocycles. The molecule has 1 aromatic heterocycles. The zero-order chi connectivity index (χ0) is 33.3. The van der Waals surface area contributed by atoms with Crippen molar-refractivity contribution in [3.05, 3.63) is 59.3 Å². The second kappa shape index (κ2) is 13.5. The number of halogens is 4. The summed E-state index contributed by atoms with van der Waals surface area (Å²) in [5.41, 5.74) is 1.16. The molecular weight excluding hydrogens is 616 g/mol. The van der Waals surface area contributed by atoms with Crippen molar-refractivity contribution in [2.75, 3.05) is 54.8 Å². The zero-order valence-electron chi connectivity index (χ0n) is 26.7. The molecule has 0 bridgehead atoms. The number of benzene rings is 2. The smallest absolute Gasteiger partial charge is 0.421 e. The number of carbonyl (C=O) groups excluding carboxylic acids is 1. The summed E-state index contributed by atoms with van der Waals surface area (Å²) in [4.78, 5) is 27.8. The number of aromatic nitrogens is 2. The SMILES string of the molecule is CC(F)Oc1cc(N2CCC(N3CCN(C(C)C)CC3)CC2)ccc1Nc1ncc(C(F)(F)F)c(Nc2cccc3c2C(=O)NC3)n1. The van der Waals surface area contributed by atoms with E-state index in [1.165, 1.54) is 13.0 Å². The lowest BCUT2D eigenvalue weighted by atomic mass is 10.0. The Morgan fingerprint density at radius 2 is 1.72 bits per heavy atom. The Hall–Kier alpha value is -4.17. The standard InChI is InChI=1S/C33H40F4N8O2/c1-20(2)43-13-15-45(16-14-43)23-9-11-44(12-10-23)24-7-8-26(28(17-24)47-21(3)34)41-32-39-19-25(33(35,36)37)30(42-32)40-27-6-4-5-22-18-38-31(46)29(22)27/h4-8,17,19-21,23H,9-16,18H2,1-3H3,(H,38,46)(H2,39,40,41,42). The highest BCUT2D eigenvalue weighted by Crippen LogP contribution is 2.38. The first kappa shape index (κ1) is 32.8. The third kappa shape index (κ3) is 7.38. The van der Waals surface area contributed by atoms with Gasteiger partial charge in [0.2, 0.25) is 12.3 Å². The van der Waals surface area contributed by atoms with Crippen LogP contribution >= 0.6 is 0 Å². The van der Waals surface area contributed by atoms with Gasteiger partial charge in [-0.25, -0.2) is 9.37 Å². The van der Waals surface area contributed by atoms with Crippen LogP contribution in [-0.2, 0) is 12.7 Å². The number of piperidine rings is 1. The molecule has 0 aliphatic carbocycles. The molecular formula is C33H40F4N8O2. The molecule has 14 heteroatoms. The predicted molar refractivity (Wildman–Crippen MR) is 172 cm³/mol. The molecule has 2 aromatic carbocycles. The number of hydrogen-bond acceptors (Lipinski definition) is 9. The Kier molecular flexibility index (Phi) is 9.42. The van der Waals surface area contributed by atoms with Gasteiger partial charge >= 0.3 is 6.18 Å². The summed E-state index contributed by atoms with van der Waals surface area (Å²) >= 11 is 0. The molecule has 2 saturated heterocycles. The second-order valence-electron chi connectivity index (χ2n) is 12.5. The van der Waals surface area contributed by atoms with Gasteiger partial charge in [0.25, 0.3) is 5.91 Å². The molecule has 1 atom stereocenters. The van der Waals surface area contributed by atoms with E-state index >= 15 is 0 Å². The van der Waals surface area contributed by atoms with Gasteiger partial charge in [0.1, 0.15) is 17.1 Å². The van der Waals surface area contributed by atoms with Gasteiger partial charge in [-0.3, -0.25) is 14.6 Å². The van der Waals surface area contributed by atoms with E-state index in [9.17, 15) is 22.4 Å². The van der Waals surface area contributed by atoms with Gasteiger partial charge in [0, 0.05) is 82.8 Å². The quantitative estimate of drug-likeness (QED) is 0.243. The Bertz CT molecular complexity index is 1590. The van der Waals surface area contributed by atoms with Crippen molar-refractivity contribution in [2.45, 2.75) is 64.8 Å². The van der Waals surface area contributed by atoms with Crippen molar-refractivity contribution in [1.29, 1.82) is 0 Å². The molecule has 1 unspecified atom stereocenters. The first-order valence-electron chi connectivity index (χ1n) is 16.0. The van der Waals surface area contributed by atoms with Crippen LogP contribution in [0.2, 0.25) is 0 Å². The van der Waals surface area contributed by atoms with Crippen LogP contribution in [0.25, 0.3) is 0 Å². The molecule has 4 heterocycles. The molecule has 3 aliphatic heterocycles. The normalized spacial score (nSPS) is 18.6. The summed E-state index contributed by atoms with van der Waals surface area (Å²) in [7, 11) is 0. The fourth-order valence-electron chi connectivity index (χ4n) is 6.57. The number of fused-ring (bicyclic) bond motifs is 1. The molecule has 10 nitrogen and oxygen atoms in total. The van der Waals surface area contributed by atoms with Crippen LogP contribution in [0.5, 0.6) is 5.75 Å². The summed E-state index contributed by atoms with van der Waals surface area (Å²) in [5.74, 6) is -0.908. The van der Waals surface area contributed by atoms with E-state index in [2.05, 4.69) is 54.5 Å². The van der Waals surface area contributed by atoms with E-state index in [0.29, 0.717) is 29.5 Å². The molecule has 47 heavy (non-hydrogen) atoms. The number of amides is 1. The van der Waals surface area contributed by atoms with Crippen molar-refractivity contribution < 1.29 is 27.1 Å². The number of nitrogens with one attached hydrogen (secondary N) is 3. The van der Waals surface area contributed by atoms with E-state index < -0.39 is 23.9 Å². The van der Waals surface area contributed by atoms with Gasteiger partial charge < -0.3 is 25.6 Å². The van der Waals surface area contributed by atoms with E-state index in [1.807, 2.05) is 6.07 Å². The molecule has 2 fully saturated rings. The first-order valence-corrected chi connectivity index (χ1v) is 16.0. The summed E-state index contributed by atoms with van der Waals surface area (Å²) < 4.78 is 61.6. The van der Waals surface area contributed by atoms with Crippen LogP contribution < -0.4 is 25.6 Å². The lowest BCUT2D eigenvalue weighted by Crippen LogP contribution is -2.54. The van der Waals surface area contributed by atoms with E-state index in [1.54, 1.807) is 24.3 Å². The van der Waals surface area contributed by atoms with Gasteiger partial charge in [-0.1, -0.05) is 12.1 Å². The minimum absolute atomic E-state index is 0.167. The van der Waals surface area contributed by atoms with Crippen molar-refractivity contribution in [1.82, 2.24) is 25.1 Å². The highest BCUT2D eigenvalue weighted by atomic mass is 19.4. The molecule has 3 aliphatic rings. The van der Waals surface area contributed by atoms with Gasteiger partial charge in [-0.2, -0.15) is 18.2 Å². The highest BCUT2D eigenvalue weighted by molar-refractivity contribution is 6.04. The Balaban J connectivity index is 1.19. The summed E-state index contributed by atoms with van der Waals surface area (Å²) in [5, 5.41) is 8.27. The molecule has 3 aromatic rings. The number of rotatable bonds is 9. The Morgan fingerprint density at radius 3 is 2.40 bits per heavy atom. The molecule has 252 valence electrons. The average Bonchev–Trinajstić information content (AvgIpc) is 3.42. The minimum atomic E-state index is -4.77. The number of nitrogens with zero attached hydrogens (tertiary/aromatic N) is 5. The monoisotopic (exact) mass is 656 g/mol. The molecule has 3 N–H and O–H groups in total. The fraction of sp³-hybridized carbons (Fsp3) is 0.485. The summed E-state index contributed by atoms with van der Waals surface area (Å²) in [6, 6.07) is 11.3. The number of piperazine rings is 1. The molecule has 1 amide bonds. The van der Waals surface area contributed by atoms with Gasteiger partial charge in [0.05, 0.1) is 16.9 Å². The highest BCUT2D eigenvalue weighted by Gasteiger charge is 2.36. The van der Waals surface area contributed by atoms with E-state index in [0.717, 1.165) is 57.8 Å². The molecule has 0 spiro atoms. The average molecular weight is 657 g/mol. The van der Waals surface area contributed by atoms with Crippen LogP contribution in [0.4, 0.5) is 46.4 Å². The van der Waals surface area contributed by atoms with Crippen molar-refractivity contribution in [3.8, 4) is 5.75 Å². The van der Waals surface area contributed by atoms with Gasteiger partial charge in [0.15, 0.2) is 0 Å². The van der Waals surface area contributed by atoms with Crippen LogP contribution in [0.3, 0.4) is 0 Å².